The van der Waals surface area contributed by atoms with Crippen molar-refractivity contribution in [2.45, 2.75) is 26.3 Å². The third-order valence-electron chi connectivity index (χ3n) is 6.95. The summed E-state index contributed by atoms with van der Waals surface area (Å²) in [5, 5.41) is 2.02. The molecule has 0 radical (unpaired) electrons. The van der Waals surface area contributed by atoms with Crippen LogP contribution in [0.25, 0.3) is 22.0 Å². The van der Waals surface area contributed by atoms with Crippen LogP contribution in [0.4, 0.5) is 0 Å². The highest BCUT2D eigenvalue weighted by Crippen LogP contribution is 2.41. The molecule has 3 heterocycles. The predicted molar refractivity (Wildman–Crippen MR) is 144 cm³/mol. The molecule has 0 unspecified atom stereocenters. The van der Waals surface area contributed by atoms with Crippen LogP contribution in [0.2, 0.25) is 0 Å². The molecule has 0 saturated heterocycles. The standard InChI is InChI=1S/C31H30NO7.ClH/c1-3-35-30(33)14-20-5-4-6-23(13-20)36-11-12-37-31-25-18-32-10-9-22-16-28-29(39-19-38-28)17-24(22)26(32)15-21(25)7-8-27(31)34-2;/h4-8,13,15-18H,3,9-12,14,19H2,1-2H3;1H/q+1;/p-1. The van der Waals surface area contributed by atoms with Crippen LogP contribution in [0.1, 0.15) is 18.1 Å². The Hall–Kier alpha value is -4.17. The van der Waals surface area contributed by atoms with Crippen molar-refractivity contribution in [1.29, 1.82) is 0 Å². The fourth-order valence-corrected chi connectivity index (χ4v) is 5.13. The summed E-state index contributed by atoms with van der Waals surface area (Å²) in [5.41, 5.74) is 4.38. The lowest BCUT2D eigenvalue weighted by Gasteiger charge is -2.18. The van der Waals surface area contributed by atoms with Crippen molar-refractivity contribution in [2.75, 3.05) is 33.7 Å². The van der Waals surface area contributed by atoms with Crippen molar-refractivity contribution in [1.82, 2.24) is 0 Å². The van der Waals surface area contributed by atoms with E-state index in [0.29, 0.717) is 37.1 Å². The number of halogens is 1. The minimum absolute atomic E-state index is 0. The second-order valence-corrected chi connectivity index (χ2v) is 9.39. The number of aryl methyl sites for hydroxylation is 2. The van der Waals surface area contributed by atoms with E-state index in [4.69, 9.17) is 28.4 Å². The molecule has 4 aromatic rings. The molecule has 0 fully saturated rings. The van der Waals surface area contributed by atoms with Crippen molar-refractivity contribution in [3.8, 4) is 40.0 Å². The zero-order valence-corrected chi connectivity index (χ0v) is 23.2. The average Bonchev–Trinajstić information content (AvgIpc) is 3.41. The first-order chi connectivity index (χ1) is 19.1. The van der Waals surface area contributed by atoms with Crippen LogP contribution >= 0.6 is 0 Å². The molecule has 0 saturated carbocycles. The lowest BCUT2D eigenvalue weighted by atomic mass is 9.95. The van der Waals surface area contributed by atoms with Crippen LogP contribution in [0.5, 0.6) is 28.7 Å². The largest absolute Gasteiger partial charge is 1.00 e. The van der Waals surface area contributed by atoms with Gasteiger partial charge in [0.1, 0.15) is 19.0 Å². The number of esters is 1. The van der Waals surface area contributed by atoms with Gasteiger partial charge in [0.25, 0.3) is 0 Å². The highest BCUT2D eigenvalue weighted by atomic mass is 35.5. The number of hydrogen-bond acceptors (Lipinski definition) is 7. The molecule has 9 heteroatoms. The highest BCUT2D eigenvalue weighted by Gasteiger charge is 2.28. The van der Waals surface area contributed by atoms with E-state index in [2.05, 4.69) is 35.0 Å². The van der Waals surface area contributed by atoms with Crippen molar-refractivity contribution in [3.63, 3.8) is 0 Å². The van der Waals surface area contributed by atoms with E-state index < -0.39 is 0 Å². The van der Waals surface area contributed by atoms with Crippen LogP contribution < -0.4 is 40.7 Å². The zero-order chi connectivity index (χ0) is 26.8. The summed E-state index contributed by atoms with van der Waals surface area (Å²) in [6, 6.07) is 17.8. The van der Waals surface area contributed by atoms with Crippen LogP contribution in [0.3, 0.4) is 0 Å². The summed E-state index contributed by atoms with van der Waals surface area (Å²) >= 11 is 0. The maximum atomic E-state index is 11.8. The summed E-state index contributed by atoms with van der Waals surface area (Å²) in [6.45, 7) is 3.93. The van der Waals surface area contributed by atoms with Gasteiger partial charge in [-0.2, -0.15) is 4.57 Å². The Morgan fingerprint density at radius 2 is 1.82 bits per heavy atom. The van der Waals surface area contributed by atoms with Gasteiger partial charge in [-0.3, -0.25) is 4.79 Å². The minimum atomic E-state index is -0.254. The monoisotopic (exact) mass is 563 g/mol. The van der Waals surface area contributed by atoms with Crippen molar-refractivity contribution >= 4 is 16.7 Å². The number of hydrogen-bond donors (Lipinski definition) is 0. The predicted octanol–water partition coefficient (Wildman–Crippen LogP) is 1.66. The smallest absolute Gasteiger partial charge is 0.310 e. The molecule has 0 aliphatic carbocycles. The lowest BCUT2D eigenvalue weighted by molar-refractivity contribution is -0.686. The van der Waals surface area contributed by atoms with Gasteiger partial charge < -0.3 is 40.8 Å². The van der Waals surface area contributed by atoms with Gasteiger partial charge in [-0.05, 0) is 59.8 Å². The number of pyridine rings is 1. The average molecular weight is 564 g/mol. The SMILES string of the molecule is CCOC(=O)Cc1cccc(OCCOc2c(OC)ccc3cc4[n+](cc23)CCc2cc3c(cc2-4)OCO3)c1.[Cl-]. The maximum Gasteiger partial charge on any atom is 0.310 e. The van der Waals surface area contributed by atoms with E-state index in [9.17, 15) is 4.79 Å². The van der Waals surface area contributed by atoms with E-state index in [-0.39, 0.29) is 31.6 Å². The van der Waals surface area contributed by atoms with Crippen LogP contribution in [0.15, 0.2) is 60.8 Å². The van der Waals surface area contributed by atoms with Crippen LogP contribution in [0, 0.1) is 0 Å². The van der Waals surface area contributed by atoms with E-state index >= 15 is 0 Å². The molecule has 0 atom stereocenters. The quantitative estimate of drug-likeness (QED) is 0.174. The Bertz CT molecular complexity index is 1550. The summed E-state index contributed by atoms with van der Waals surface area (Å²) in [6.07, 6.45) is 3.25. The first kappa shape index (κ1) is 27.4. The molecular weight excluding hydrogens is 534 g/mol. The fraction of sp³-hybridized carbons (Fsp3) is 0.290. The first-order valence-corrected chi connectivity index (χ1v) is 13.1. The van der Waals surface area contributed by atoms with Gasteiger partial charge in [0.05, 0.1) is 31.1 Å². The number of carbonyl (C=O) groups is 1. The molecule has 40 heavy (non-hydrogen) atoms. The molecule has 8 nitrogen and oxygen atoms in total. The Balaban J connectivity index is 0.00000323. The van der Waals surface area contributed by atoms with Gasteiger partial charge in [-0.1, -0.05) is 12.1 Å². The number of fused-ring (bicyclic) bond motifs is 5. The second-order valence-electron chi connectivity index (χ2n) is 9.39. The summed E-state index contributed by atoms with van der Waals surface area (Å²) in [5.74, 6) is 3.37. The highest BCUT2D eigenvalue weighted by molar-refractivity contribution is 5.91. The first-order valence-electron chi connectivity index (χ1n) is 13.1. The number of nitrogens with zero attached hydrogens (tertiary/aromatic N) is 1. The molecule has 1 aromatic heterocycles. The molecule has 0 bridgehead atoms. The minimum Gasteiger partial charge on any atom is -1.00 e. The third-order valence-corrected chi connectivity index (χ3v) is 6.95. The summed E-state index contributed by atoms with van der Waals surface area (Å²) < 4.78 is 36.3. The number of ether oxygens (including phenoxy) is 6. The lowest BCUT2D eigenvalue weighted by Crippen LogP contribution is -3.00. The molecule has 0 amide bonds. The Labute approximate surface area is 238 Å². The molecule has 2 aliphatic heterocycles. The van der Waals surface area contributed by atoms with Gasteiger partial charge in [-0.25, -0.2) is 0 Å². The molecule has 3 aromatic carbocycles. The van der Waals surface area contributed by atoms with E-state index in [1.807, 2.05) is 30.3 Å². The van der Waals surface area contributed by atoms with Gasteiger partial charge in [-0.15, -0.1) is 0 Å². The van der Waals surface area contributed by atoms with Crippen LogP contribution in [-0.2, 0) is 28.9 Å². The van der Waals surface area contributed by atoms with Crippen molar-refractivity contribution in [2.24, 2.45) is 0 Å². The van der Waals surface area contributed by atoms with Gasteiger partial charge in [0.15, 0.2) is 35.7 Å². The molecule has 208 valence electrons. The van der Waals surface area contributed by atoms with Crippen molar-refractivity contribution in [3.05, 3.63) is 71.9 Å². The van der Waals surface area contributed by atoms with Crippen molar-refractivity contribution < 1.29 is 50.2 Å². The molecule has 2 aliphatic rings. The number of methoxy groups -OCH3 is 1. The zero-order valence-electron chi connectivity index (χ0n) is 22.4. The topological polar surface area (TPSA) is 76.3 Å². The fourth-order valence-electron chi connectivity index (χ4n) is 5.13. The Morgan fingerprint density at radius 3 is 2.65 bits per heavy atom. The van der Waals surface area contributed by atoms with Gasteiger partial charge in [0, 0.05) is 12.5 Å². The summed E-state index contributed by atoms with van der Waals surface area (Å²) in [7, 11) is 1.64. The maximum absolute atomic E-state index is 11.8. The van der Waals surface area contributed by atoms with Gasteiger partial charge >= 0.3 is 5.97 Å². The van der Waals surface area contributed by atoms with Gasteiger partial charge in [0.2, 0.25) is 12.5 Å². The van der Waals surface area contributed by atoms with Crippen LogP contribution in [-0.4, -0.2) is 39.7 Å². The Kier molecular flexibility index (Phi) is 8.16. The van der Waals surface area contributed by atoms with E-state index in [1.54, 1.807) is 14.0 Å². The Morgan fingerprint density at radius 1 is 1.00 bits per heavy atom. The molecular formula is C31H30ClNO7. The number of rotatable bonds is 9. The summed E-state index contributed by atoms with van der Waals surface area (Å²) in [4.78, 5) is 11.8. The normalized spacial score (nSPS) is 12.7. The van der Waals surface area contributed by atoms with E-state index in [1.165, 1.54) is 5.56 Å². The number of benzene rings is 3. The molecule has 0 N–H and O–H groups in total. The number of carbonyl (C=O) groups excluding carboxylic acids is 1. The molecule has 0 spiro atoms. The third kappa shape index (κ3) is 5.45. The number of aromatic nitrogens is 1. The van der Waals surface area contributed by atoms with E-state index in [0.717, 1.165) is 52.1 Å². The molecule has 6 rings (SSSR count). The second kappa shape index (κ2) is 11.9.